The van der Waals surface area contributed by atoms with Crippen LogP contribution in [-0.2, 0) is 4.74 Å². The van der Waals surface area contributed by atoms with Gasteiger partial charge in [-0.25, -0.2) is 0 Å². The number of guanidine groups is 1. The van der Waals surface area contributed by atoms with Crippen LogP contribution in [0.5, 0.6) is 5.75 Å². The van der Waals surface area contributed by atoms with Gasteiger partial charge in [-0.2, -0.15) is 0 Å². The van der Waals surface area contributed by atoms with Crippen molar-refractivity contribution >= 4 is 11.6 Å². The summed E-state index contributed by atoms with van der Waals surface area (Å²) >= 11 is 0. The summed E-state index contributed by atoms with van der Waals surface area (Å²) in [6.07, 6.45) is 3.69. The van der Waals surface area contributed by atoms with Gasteiger partial charge in [0.1, 0.15) is 5.75 Å². The Bertz CT molecular complexity index is 558. The minimum Gasteiger partial charge on any atom is -0.495 e. The Balaban J connectivity index is 1.51. The van der Waals surface area contributed by atoms with E-state index in [9.17, 15) is 0 Å². The van der Waals surface area contributed by atoms with E-state index >= 15 is 0 Å². The highest BCUT2D eigenvalue weighted by molar-refractivity contribution is 5.80. The van der Waals surface area contributed by atoms with Gasteiger partial charge in [-0.05, 0) is 31.4 Å². The number of aliphatic imine (C=N–C) groups is 1. The second-order valence-corrected chi connectivity index (χ2v) is 6.34. The maximum Gasteiger partial charge on any atom is 0.191 e. The lowest BCUT2D eigenvalue weighted by Gasteiger charge is -2.22. The summed E-state index contributed by atoms with van der Waals surface area (Å²) in [7, 11) is 3.54. The van der Waals surface area contributed by atoms with E-state index < -0.39 is 0 Å². The summed E-state index contributed by atoms with van der Waals surface area (Å²) in [6, 6.07) is 8.57. The lowest BCUT2D eigenvalue weighted by Crippen LogP contribution is -2.46. The van der Waals surface area contributed by atoms with E-state index in [4.69, 9.17) is 9.47 Å². The molecule has 0 aliphatic carbocycles. The normalized spacial score (nSPS) is 24.2. The fourth-order valence-electron chi connectivity index (χ4n) is 3.39. The molecule has 6 nitrogen and oxygen atoms in total. The van der Waals surface area contributed by atoms with Crippen LogP contribution >= 0.6 is 0 Å². The molecular formula is C18H28N4O2. The number of benzene rings is 1. The predicted molar refractivity (Wildman–Crippen MR) is 97.1 cm³/mol. The highest BCUT2D eigenvalue weighted by Crippen LogP contribution is 2.30. The molecule has 0 aromatic heterocycles. The van der Waals surface area contributed by atoms with Crippen molar-refractivity contribution in [1.82, 2.24) is 10.6 Å². The summed E-state index contributed by atoms with van der Waals surface area (Å²) in [5.74, 6) is 1.79. The predicted octanol–water partition coefficient (Wildman–Crippen LogP) is 1.62. The average molecular weight is 332 g/mol. The van der Waals surface area contributed by atoms with Crippen LogP contribution in [0.3, 0.4) is 0 Å². The minimum absolute atomic E-state index is 0.317. The monoisotopic (exact) mass is 332 g/mol. The molecule has 1 aromatic carbocycles. The molecule has 2 N–H and O–H groups in total. The summed E-state index contributed by atoms with van der Waals surface area (Å²) in [4.78, 5) is 6.70. The highest BCUT2D eigenvalue weighted by Gasteiger charge is 2.25. The molecule has 2 aliphatic rings. The molecule has 0 saturated carbocycles. The Hall–Kier alpha value is -1.95. The smallest absolute Gasteiger partial charge is 0.191 e. The highest BCUT2D eigenvalue weighted by atomic mass is 16.5. The molecule has 2 saturated heterocycles. The van der Waals surface area contributed by atoms with Gasteiger partial charge in [-0.1, -0.05) is 12.1 Å². The van der Waals surface area contributed by atoms with Crippen molar-refractivity contribution in [3.05, 3.63) is 24.3 Å². The number of para-hydroxylation sites is 2. The van der Waals surface area contributed by atoms with Crippen molar-refractivity contribution in [2.24, 2.45) is 4.99 Å². The molecule has 0 bridgehead atoms. The maximum atomic E-state index is 5.65. The van der Waals surface area contributed by atoms with E-state index in [0.29, 0.717) is 12.1 Å². The van der Waals surface area contributed by atoms with Gasteiger partial charge in [0.25, 0.3) is 0 Å². The minimum atomic E-state index is 0.317. The number of methoxy groups -OCH3 is 1. The average Bonchev–Trinajstić information content (AvgIpc) is 3.30. The Morgan fingerprint density at radius 2 is 2.25 bits per heavy atom. The van der Waals surface area contributed by atoms with E-state index in [1.165, 1.54) is 0 Å². The third kappa shape index (κ3) is 4.12. The van der Waals surface area contributed by atoms with Gasteiger partial charge in [-0.3, -0.25) is 4.99 Å². The van der Waals surface area contributed by atoms with Crippen LogP contribution in [-0.4, -0.2) is 58.5 Å². The zero-order chi connectivity index (χ0) is 16.8. The second-order valence-electron chi connectivity index (χ2n) is 6.34. The van der Waals surface area contributed by atoms with E-state index in [1.54, 1.807) is 7.11 Å². The molecule has 3 rings (SSSR count). The largest absolute Gasteiger partial charge is 0.495 e. The van der Waals surface area contributed by atoms with Gasteiger partial charge in [0.15, 0.2) is 5.96 Å². The zero-order valence-electron chi connectivity index (χ0n) is 14.6. The van der Waals surface area contributed by atoms with Crippen LogP contribution in [0.25, 0.3) is 0 Å². The molecule has 2 aliphatic heterocycles. The van der Waals surface area contributed by atoms with Gasteiger partial charge >= 0.3 is 0 Å². The first-order valence-electron chi connectivity index (χ1n) is 8.77. The molecule has 0 radical (unpaired) electrons. The zero-order valence-corrected chi connectivity index (χ0v) is 14.6. The van der Waals surface area contributed by atoms with Gasteiger partial charge in [0.2, 0.25) is 0 Å². The lowest BCUT2D eigenvalue weighted by atomic mass is 10.2. The maximum absolute atomic E-state index is 5.65. The van der Waals surface area contributed by atoms with Crippen molar-refractivity contribution < 1.29 is 9.47 Å². The second kappa shape index (κ2) is 8.24. The van der Waals surface area contributed by atoms with Gasteiger partial charge < -0.3 is 25.0 Å². The third-order valence-electron chi connectivity index (χ3n) is 4.70. The molecule has 0 spiro atoms. The van der Waals surface area contributed by atoms with Crippen molar-refractivity contribution in [3.8, 4) is 5.75 Å². The molecule has 0 amide bonds. The molecule has 2 fully saturated rings. The number of ether oxygens (including phenoxy) is 2. The molecule has 1 aromatic rings. The van der Waals surface area contributed by atoms with Crippen LogP contribution in [0.1, 0.15) is 19.3 Å². The lowest BCUT2D eigenvalue weighted by molar-refractivity contribution is 0.113. The van der Waals surface area contributed by atoms with Crippen molar-refractivity contribution in [2.45, 2.75) is 31.4 Å². The van der Waals surface area contributed by atoms with Crippen LogP contribution < -0.4 is 20.3 Å². The van der Waals surface area contributed by atoms with Crippen LogP contribution in [0.4, 0.5) is 5.69 Å². The number of rotatable bonds is 5. The van der Waals surface area contributed by atoms with Crippen LogP contribution in [0.15, 0.2) is 29.3 Å². The molecule has 2 atom stereocenters. The van der Waals surface area contributed by atoms with E-state index in [0.717, 1.165) is 62.9 Å². The summed E-state index contributed by atoms with van der Waals surface area (Å²) in [6.45, 7) is 3.67. The fraction of sp³-hybridized carbons (Fsp3) is 0.611. The van der Waals surface area contributed by atoms with E-state index in [2.05, 4.69) is 32.7 Å². The van der Waals surface area contributed by atoms with Crippen molar-refractivity contribution in [3.63, 3.8) is 0 Å². The number of hydrogen-bond acceptors (Lipinski definition) is 4. The molecule has 132 valence electrons. The number of hydrogen-bond donors (Lipinski definition) is 2. The third-order valence-corrected chi connectivity index (χ3v) is 4.70. The van der Waals surface area contributed by atoms with Gasteiger partial charge in [0, 0.05) is 39.3 Å². The van der Waals surface area contributed by atoms with Crippen LogP contribution in [0, 0.1) is 0 Å². The molecule has 24 heavy (non-hydrogen) atoms. The number of anilines is 1. The molecular weight excluding hydrogens is 304 g/mol. The first-order valence-corrected chi connectivity index (χ1v) is 8.77. The van der Waals surface area contributed by atoms with Crippen molar-refractivity contribution in [2.75, 3.05) is 45.3 Å². The first kappa shape index (κ1) is 16.9. The molecule has 6 heteroatoms. The van der Waals surface area contributed by atoms with Gasteiger partial charge in [-0.15, -0.1) is 0 Å². The Morgan fingerprint density at radius 1 is 1.38 bits per heavy atom. The van der Waals surface area contributed by atoms with Gasteiger partial charge in [0.05, 0.1) is 18.9 Å². The molecule has 2 heterocycles. The topological polar surface area (TPSA) is 58.1 Å². The van der Waals surface area contributed by atoms with Crippen molar-refractivity contribution in [1.29, 1.82) is 0 Å². The number of nitrogens with zero attached hydrogens (tertiary/aromatic N) is 2. The Labute approximate surface area is 144 Å². The van der Waals surface area contributed by atoms with E-state index in [1.807, 2.05) is 19.2 Å². The standard InChI is InChI=1S/C18H28N4O2/c1-19-18(20-12-15-6-5-11-24-15)21-14-9-10-22(13-14)16-7-3-4-8-17(16)23-2/h3-4,7-8,14-15H,5-6,9-13H2,1-2H3,(H2,19,20,21). The molecule has 2 unspecified atom stereocenters. The number of nitrogens with one attached hydrogen (secondary N) is 2. The van der Waals surface area contributed by atoms with Crippen LogP contribution in [0.2, 0.25) is 0 Å². The Morgan fingerprint density at radius 3 is 3.00 bits per heavy atom. The summed E-state index contributed by atoms with van der Waals surface area (Å²) in [5.41, 5.74) is 1.16. The fourth-order valence-corrected chi connectivity index (χ4v) is 3.39. The quantitative estimate of drug-likeness (QED) is 0.634. The van der Waals surface area contributed by atoms with E-state index in [-0.39, 0.29) is 0 Å². The summed E-state index contributed by atoms with van der Waals surface area (Å²) in [5, 5.41) is 6.91. The first-order chi connectivity index (χ1) is 11.8. The Kier molecular flexibility index (Phi) is 5.80. The summed E-state index contributed by atoms with van der Waals surface area (Å²) < 4.78 is 11.1. The SMILES string of the molecule is CN=C(NCC1CCCO1)NC1CCN(c2ccccc2OC)C1.